The number of para-hydroxylation sites is 1. The number of rotatable bonds is 12. The van der Waals surface area contributed by atoms with Gasteiger partial charge in [0.15, 0.2) is 11.5 Å². The van der Waals surface area contributed by atoms with Gasteiger partial charge in [-0.3, -0.25) is 4.79 Å². The molecule has 10 heteroatoms. The van der Waals surface area contributed by atoms with E-state index in [1.54, 1.807) is 13.2 Å². The molecule has 4 aromatic rings. The third kappa shape index (κ3) is 8.34. The van der Waals surface area contributed by atoms with Crippen LogP contribution in [0.15, 0.2) is 82.5 Å². The molecule has 0 radical (unpaired) electrons. The molecule has 9 nitrogen and oxygen atoms in total. The molecular weight excluding hydrogens is 588 g/mol. The number of nitrogens with one attached hydrogen (secondary N) is 3. The second-order valence-electron chi connectivity index (χ2n) is 9.80. The summed E-state index contributed by atoms with van der Waals surface area (Å²) in [4.78, 5) is 28.8. The highest BCUT2D eigenvalue weighted by molar-refractivity contribution is 9.10. The average Bonchev–Trinajstić information content (AvgIpc) is 3.38. The Morgan fingerprint density at radius 1 is 1.07 bits per heavy atom. The molecule has 0 saturated carbocycles. The molecule has 0 fully saturated rings. The molecule has 0 aliphatic carbocycles. The number of alkyl carbamates (subject to hydrolysis) is 1. The first-order valence-corrected chi connectivity index (χ1v) is 14.0. The van der Waals surface area contributed by atoms with E-state index in [4.69, 9.17) is 14.2 Å². The number of aromatic nitrogens is 1. The van der Waals surface area contributed by atoms with E-state index in [0.29, 0.717) is 28.1 Å². The Morgan fingerprint density at radius 3 is 2.59 bits per heavy atom. The topological polar surface area (TPSA) is 114 Å². The van der Waals surface area contributed by atoms with E-state index < -0.39 is 18.0 Å². The smallest absolute Gasteiger partial charge is 0.407 e. The number of benzene rings is 3. The third-order valence-electron chi connectivity index (χ3n) is 6.12. The highest BCUT2D eigenvalue weighted by atomic mass is 79.9. The SMILES string of the molecule is COc1cc(/C=N\NC(=O)[C@@H](Cc2c[nH]c3ccccc23)NC(=O)OCC(C)C)cc(Br)c1OCc1ccccc1. The minimum absolute atomic E-state index is 0.165. The van der Waals surface area contributed by atoms with E-state index in [1.165, 1.54) is 6.21 Å². The summed E-state index contributed by atoms with van der Waals surface area (Å²) in [5.74, 6) is 0.745. The van der Waals surface area contributed by atoms with Gasteiger partial charge in [-0.1, -0.05) is 62.4 Å². The fourth-order valence-corrected chi connectivity index (χ4v) is 4.66. The Hall–Kier alpha value is -4.31. The van der Waals surface area contributed by atoms with Crippen LogP contribution < -0.4 is 20.2 Å². The van der Waals surface area contributed by atoms with Crippen molar-refractivity contribution in [2.24, 2.45) is 11.0 Å². The van der Waals surface area contributed by atoms with Crippen molar-refractivity contribution in [2.45, 2.75) is 32.9 Å². The van der Waals surface area contributed by atoms with Gasteiger partial charge >= 0.3 is 6.09 Å². The van der Waals surface area contributed by atoms with Gasteiger partial charge in [0.2, 0.25) is 0 Å². The summed E-state index contributed by atoms with van der Waals surface area (Å²) in [7, 11) is 1.55. The number of carbonyl (C=O) groups is 2. The van der Waals surface area contributed by atoms with Crippen molar-refractivity contribution in [3.63, 3.8) is 0 Å². The molecule has 0 aliphatic rings. The van der Waals surface area contributed by atoms with Gasteiger partial charge in [0.1, 0.15) is 12.6 Å². The van der Waals surface area contributed by atoms with E-state index in [1.807, 2.05) is 80.7 Å². The first kappa shape index (κ1) is 29.7. The summed E-state index contributed by atoms with van der Waals surface area (Å²) in [6.07, 6.45) is 2.91. The van der Waals surface area contributed by atoms with Crippen LogP contribution in [-0.2, 0) is 22.6 Å². The largest absolute Gasteiger partial charge is 0.493 e. The van der Waals surface area contributed by atoms with Crippen LogP contribution in [0.3, 0.4) is 0 Å². The number of hydrazone groups is 1. The summed E-state index contributed by atoms with van der Waals surface area (Å²) in [6, 6.07) is 20.2. The number of nitrogens with zero attached hydrogens (tertiary/aromatic N) is 1. The number of halogens is 1. The minimum atomic E-state index is -0.916. The van der Waals surface area contributed by atoms with Gasteiger partial charge in [0.25, 0.3) is 5.91 Å². The fraction of sp³-hybridized carbons (Fsp3) is 0.258. The summed E-state index contributed by atoms with van der Waals surface area (Å²) in [5.41, 5.74) is 6.06. The first-order chi connectivity index (χ1) is 19.8. The van der Waals surface area contributed by atoms with E-state index in [9.17, 15) is 9.59 Å². The second-order valence-corrected chi connectivity index (χ2v) is 10.6. The van der Waals surface area contributed by atoms with Crippen molar-refractivity contribution < 1.29 is 23.8 Å². The van der Waals surface area contributed by atoms with Crippen molar-refractivity contribution >= 4 is 45.0 Å². The molecule has 0 spiro atoms. The summed E-state index contributed by atoms with van der Waals surface area (Å²) < 4.78 is 17.4. The molecule has 214 valence electrons. The molecule has 4 rings (SSSR count). The monoisotopic (exact) mass is 620 g/mol. The van der Waals surface area contributed by atoms with Crippen molar-refractivity contribution in [1.29, 1.82) is 0 Å². The number of ether oxygens (including phenoxy) is 3. The zero-order valence-electron chi connectivity index (χ0n) is 23.1. The Labute approximate surface area is 247 Å². The normalized spacial score (nSPS) is 11.9. The number of amides is 2. The van der Waals surface area contributed by atoms with Crippen molar-refractivity contribution in [3.05, 3.63) is 94.1 Å². The van der Waals surface area contributed by atoms with Crippen LogP contribution in [0.4, 0.5) is 4.79 Å². The van der Waals surface area contributed by atoms with Crippen molar-refractivity contribution in [3.8, 4) is 11.5 Å². The molecular formula is C31H33BrN4O5. The van der Waals surface area contributed by atoms with E-state index >= 15 is 0 Å². The van der Waals surface area contributed by atoms with Crippen LogP contribution in [0.2, 0.25) is 0 Å². The molecule has 0 saturated heterocycles. The maximum absolute atomic E-state index is 13.2. The van der Waals surface area contributed by atoms with E-state index in [2.05, 4.69) is 36.8 Å². The molecule has 3 N–H and O–H groups in total. The zero-order valence-corrected chi connectivity index (χ0v) is 24.7. The Balaban J connectivity index is 1.45. The lowest BCUT2D eigenvalue weighted by molar-refractivity contribution is -0.123. The highest BCUT2D eigenvalue weighted by Gasteiger charge is 2.23. The Bertz CT molecular complexity index is 1500. The number of carbonyl (C=O) groups excluding carboxylic acids is 2. The quantitative estimate of drug-likeness (QED) is 0.133. The Kier molecular flexibility index (Phi) is 10.4. The summed E-state index contributed by atoms with van der Waals surface area (Å²) in [5, 5.41) is 7.78. The maximum atomic E-state index is 13.2. The third-order valence-corrected chi connectivity index (χ3v) is 6.71. The molecule has 0 unspecified atom stereocenters. The second kappa shape index (κ2) is 14.4. The van der Waals surface area contributed by atoms with Gasteiger partial charge in [0.05, 0.1) is 24.4 Å². The molecule has 3 aromatic carbocycles. The van der Waals surface area contributed by atoms with Crippen LogP contribution >= 0.6 is 15.9 Å². The standard InChI is InChI=1S/C31H33BrN4O5/c1-20(2)18-41-31(38)35-27(15-23-17-33-26-12-8-7-11-24(23)26)30(37)36-34-16-22-13-25(32)29(28(14-22)39-3)40-19-21-9-5-4-6-10-21/h4-14,16-17,20,27,33H,15,18-19H2,1-3H3,(H,35,38)(H,36,37)/b34-16-/t27-/m1/s1. The van der Waals surface area contributed by atoms with Crippen molar-refractivity contribution in [2.75, 3.05) is 13.7 Å². The Morgan fingerprint density at radius 2 is 1.83 bits per heavy atom. The predicted molar refractivity (Wildman–Crippen MR) is 162 cm³/mol. The van der Waals surface area contributed by atoms with Gasteiger partial charge in [-0.05, 0) is 56.7 Å². The van der Waals surface area contributed by atoms with Crippen LogP contribution in [0.5, 0.6) is 11.5 Å². The minimum Gasteiger partial charge on any atom is -0.493 e. The molecule has 41 heavy (non-hydrogen) atoms. The molecule has 1 heterocycles. The fourth-order valence-electron chi connectivity index (χ4n) is 4.09. The average molecular weight is 622 g/mol. The molecule has 0 aliphatic heterocycles. The molecule has 1 aromatic heterocycles. The lowest BCUT2D eigenvalue weighted by atomic mass is 10.0. The van der Waals surface area contributed by atoms with E-state index in [-0.39, 0.29) is 18.9 Å². The number of aromatic amines is 1. The predicted octanol–water partition coefficient (Wildman–Crippen LogP) is 5.96. The van der Waals surface area contributed by atoms with Gasteiger partial charge in [-0.2, -0.15) is 5.10 Å². The summed E-state index contributed by atoms with van der Waals surface area (Å²) in [6.45, 7) is 4.50. The van der Waals surface area contributed by atoms with Crippen LogP contribution in [-0.4, -0.2) is 43.0 Å². The number of hydrogen-bond donors (Lipinski definition) is 3. The van der Waals surface area contributed by atoms with Gasteiger partial charge in [0, 0.05) is 23.5 Å². The maximum Gasteiger partial charge on any atom is 0.407 e. The van der Waals surface area contributed by atoms with Gasteiger partial charge in [-0.15, -0.1) is 0 Å². The summed E-state index contributed by atoms with van der Waals surface area (Å²) >= 11 is 3.54. The lowest BCUT2D eigenvalue weighted by Crippen LogP contribution is -2.47. The number of methoxy groups -OCH3 is 1. The lowest BCUT2D eigenvalue weighted by Gasteiger charge is -2.17. The molecule has 0 bridgehead atoms. The van der Waals surface area contributed by atoms with Crippen LogP contribution in [0.1, 0.15) is 30.5 Å². The van der Waals surface area contributed by atoms with E-state index in [0.717, 1.165) is 22.0 Å². The number of H-pyrrole nitrogens is 1. The highest BCUT2D eigenvalue weighted by Crippen LogP contribution is 2.36. The van der Waals surface area contributed by atoms with Crippen LogP contribution in [0, 0.1) is 5.92 Å². The van der Waals surface area contributed by atoms with Crippen molar-refractivity contribution in [1.82, 2.24) is 15.7 Å². The van der Waals surface area contributed by atoms with Gasteiger partial charge < -0.3 is 24.5 Å². The van der Waals surface area contributed by atoms with Crippen LogP contribution in [0.25, 0.3) is 10.9 Å². The zero-order chi connectivity index (χ0) is 29.2. The number of fused-ring (bicyclic) bond motifs is 1. The molecule has 1 atom stereocenters. The van der Waals surface area contributed by atoms with Gasteiger partial charge in [-0.25, -0.2) is 10.2 Å². The number of hydrogen-bond acceptors (Lipinski definition) is 6. The first-order valence-electron chi connectivity index (χ1n) is 13.2. The molecule has 2 amide bonds.